The molecular weight excluding hydrogens is 213 g/mol. The van der Waals surface area contributed by atoms with E-state index in [0.717, 1.165) is 3.92 Å². The average Bonchev–Trinajstić information content (AvgIpc) is 1.64. The van der Waals surface area contributed by atoms with Gasteiger partial charge in [-0.25, -0.2) is 0 Å². The van der Waals surface area contributed by atoms with Crippen LogP contribution < -0.4 is 5.73 Å². The Kier molecular flexibility index (Phi) is 2.56. The molecule has 0 aromatic heterocycles. The molecule has 0 amide bonds. The van der Waals surface area contributed by atoms with Gasteiger partial charge in [0, 0.05) is 9.97 Å². The molecule has 0 saturated heterocycles. The second-order valence-electron chi connectivity index (χ2n) is 2.52. The number of nitrogens with two attached hydrogens (primary N) is 1. The maximum absolute atomic E-state index is 5.72. The molecule has 48 valence electrons. The van der Waals surface area contributed by atoms with Gasteiger partial charge in [-0.05, 0) is 19.3 Å². The number of alkyl halides is 1. The summed E-state index contributed by atoms with van der Waals surface area (Å²) >= 11 is 2.49. The molecule has 2 N–H and O–H groups in total. The normalized spacial score (nSPS) is 39.8. The van der Waals surface area contributed by atoms with E-state index in [0.29, 0.717) is 6.04 Å². The summed E-state index contributed by atoms with van der Waals surface area (Å²) in [6.45, 7) is 0. The predicted octanol–water partition coefficient (Wildman–Crippen LogP) is 1.69. The van der Waals surface area contributed by atoms with Gasteiger partial charge in [-0.3, -0.25) is 0 Å². The third-order valence-electron chi connectivity index (χ3n) is 1.65. The summed E-state index contributed by atoms with van der Waals surface area (Å²) in [4.78, 5) is 0. The van der Waals surface area contributed by atoms with E-state index in [1.54, 1.807) is 0 Å². The Balaban J connectivity index is 2.23. The van der Waals surface area contributed by atoms with Crippen molar-refractivity contribution in [1.82, 2.24) is 0 Å². The van der Waals surface area contributed by atoms with Gasteiger partial charge in [-0.15, -0.1) is 0 Å². The Labute approximate surface area is 64.2 Å². The van der Waals surface area contributed by atoms with Crippen LogP contribution >= 0.6 is 22.6 Å². The summed E-state index contributed by atoms with van der Waals surface area (Å²) in [6, 6.07) is 0.505. The highest BCUT2D eigenvalue weighted by atomic mass is 127. The van der Waals surface area contributed by atoms with Gasteiger partial charge in [-0.1, -0.05) is 29.0 Å². The van der Waals surface area contributed by atoms with Crippen molar-refractivity contribution in [3.05, 3.63) is 0 Å². The Morgan fingerprint density at radius 2 is 2.12 bits per heavy atom. The molecule has 2 atom stereocenters. The summed E-state index contributed by atoms with van der Waals surface area (Å²) in [5.41, 5.74) is 5.72. The molecule has 0 bridgehead atoms. The van der Waals surface area contributed by atoms with Crippen LogP contribution in [-0.4, -0.2) is 9.97 Å². The maximum atomic E-state index is 5.72. The largest absolute Gasteiger partial charge is 0.328 e. The van der Waals surface area contributed by atoms with Crippen molar-refractivity contribution >= 4 is 22.6 Å². The van der Waals surface area contributed by atoms with E-state index >= 15 is 0 Å². The monoisotopic (exact) mass is 225 g/mol. The Morgan fingerprint density at radius 3 is 2.50 bits per heavy atom. The number of hydrogen-bond acceptors (Lipinski definition) is 1. The highest BCUT2D eigenvalue weighted by molar-refractivity contribution is 14.1. The van der Waals surface area contributed by atoms with Gasteiger partial charge >= 0.3 is 0 Å². The molecule has 1 aliphatic rings. The fourth-order valence-electron chi connectivity index (χ4n) is 1.17. The van der Waals surface area contributed by atoms with E-state index in [9.17, 15) is 0 Å². The van der Waals surface area contributed by atoms with Crippen LogP contribution in [0.25, 0.3) is 0 Å². The molecule has 0 radical (unpaired) electrons. The molecule has 1 nitrogen and oxygen atoms in total. The topological polar surface area (TPSA) is 26.0 Å². The van der Waals surface area contributed by atoms with Crippen LogP contribution in [0.4, 0.5) is 0 Å². The lowest BCUT2D eigenvalue weighted by molar-refractivity contribution is 0.461. The maximum Gasteiger partial charge on any atom is 0.0124 e. The van der Waals surface area contributed by atoms with Crippen molar-refractivity contribution in [2.24, 2.45) is 5.73 Å². The quantitative estimate of drug-likeness (QED) is 0.492. The summed E-state index contributed by atoms with van der Waals surface area (Å²) in [7, 11) is 0. The van der Waals surface area contributed by atoms with Crippen LogP contribution in [0.5, 0.6) is 0 Å². The van der Waals surface area contributed by atoms with Crippen molar-refractivity contribution in [1.29, 1.82) is 0 Å². The van der Waals surface area contributed by atoms with Gasteiger partial charge in [-0.2, -0.15) is 0 Å². The fraction of sp³-hybridized carbons (Fsp3) is 1.00. The minimum absolute atomic E-state index is 0.505. The lowest BCUT2D eigenvalue weighted by Crippen LogP contribution is -2.27. The van der Waals surface area contributed by atoms with Crippen molar-refractivity contribution in [2.75, 3.05) is 0 Å². The van der Waals surface area contributed by atoms with Gasteiger partial charge in [0.25, 0.3) is 0 Å². The van der Waals surface area contributed by atoms with Crippen LogP contribution in [-0.2, 0) is 0 Å². The molecule has 2 unspecified atom stereocenters. The van der Waals surface area contributed by atoms with Crippen LogP contribution in [0, 0.1) is 0 Å². The Morgan fingerprint density at radius 1 is 1.38 bits per heavy atom. The molecule has 1 fully saturated rings. The van der Waals surface area contributed by atoms with E-state index in [4.69, 9.17) is 5.73 Å². The van der Waals surface area contributed by atoms with Crippen molar-refractivity contribution in [3.63, 3.8) is 0 Å². The van der Waals surface area contributed by atoms with Gasteiger partial charge in [0.05, 0.1) is 0 Å². The third kappa shape index (κ3) is 1.90. The van der Waals surface area contributed by atoms with Crippen molar-refractivity contribution in [2.45, 2.75) is 35.6 Å². The van der Waals surface area contributed by atoms with Crippen LogP contribution in [0.2, 0.25) is 0 Å². The van der Waals surface area contributed by atoms with Gasteiger partial charge in [0.2, 0.25) is 0 Å². The molecule has 0 spiro atoms. The van der Waals surface area contributed by atoms with E-state index in [1.165, 1.54) is 25.7 Å². The summed E-state index contributed by atoms with van der Waals surface area (Å²) in [6.07, 6.45) is 5.21. The Hall–Kier alpha value is 0.690. The second kappa shape index (κ2) is 3.01. The molecule has 8 heavy (non-hydrogen) atoms. The molecule has 2 heteroatoms. The lowest BCUT2D eigenvalue weighted by atomic mass is 9.96. The van der Waals surface area contributed by atoms with E-state index in [2.05, 4.69) is 22.6 Å². The molecule has 1 aliphatic carbocycles. The average molecular weight is 225 g/mol. The Bertz CT molecular complexity index is 66.9. The first-order valence-electron chi connectivity index (χ1n) is 3.18. The van der Waals surface area contributed by atoms with Crippen molar-refractivity contribution in [3.8, 4) is 0 Å². The van der Waals surface area contributed by atoms with Crippen LogP contribution in [0.3, 0.4) is 0 Å². The first kappa shape index (κ1) is 6.81. The first-order chi connectivity index (χ1) is 3.79. The summed E-state index contributed by atoms with van der Waals surface area (Å²) in [5.74, 6) is 0. The molecule has 0 heterocycles. The minimum Gasteiger partial charge on any atom is -0.328 e. The predicted molar refractivity (Wildman–Crippen MR) is 44.3 cm³/mol. The molecule has 1 saturated carbocycles. The number of rotatable bonds is 0. The lowest BCUT2D eigenvalue weighted by Gasteiger charge is -2.21. The van der Waals surface area contributed by atoms with Crippen molar-refractivity contribution < 1.29 is 0 Å². The summed E-state index contributed by atoms with van der Waals surface area (Å²) in [5, 5.41) is 0. The highest BCUT2D eigenvalue weighted by Crippen LogP contribution is 2.22. The molecule has 0 aliphatic heterocycles. The van der Waals surface area contributed by atoms with Crippen LogP contribution in [0.15, 0.2) is 0 Å². The molecule has 1 rings (SSSR count). The SMILES string of the molecule is NC1CCCC(I)C1. The van der Waals surface area contributed by atoms with E-state index in [1.807, 2.05) is 0 Å². The minimum atomic E-state index is 0.505. The first-order valence-corrected chi connectivity index (χ1v) is 4.43. The smallest absolute Gasteiger partial charge is 0.0124 e. The zero-order valence-corrected chi connectivity index (χ0v) is 7.10. The molecular formula is C6H12IN. The molecule has 0 aromatic carbocycles. The van der Waals surface area contributed by atoms with Crippen LogP contribution in [0.1, 0.15) is 25.7 Å². The van der Waals surface area contributed by atoms with Gasteiger partial charge in [0.1, 0.15) is 0 Å². The molecule has 0 aromatic rings. The summed E-state index contributed by atoms with van der Waals surface area (Å²) < 4.78 is 0.858. The highest BCUT2D eigenvalue weighted by Gasteiger charge is 2.15. The fourth-order valence-corrected chi connectivity index (χ4v) is 2.26. The van der Waals surface area contributed by atoms with E-state index < -0.39 is 0 Å². The number of halogens is 1. The van der Waals surface area contributed by atoms with E-state index in [-0.39, 0.29) is 0 Å². The zero-order valence-electron chi connectivity index (χ0n) is 4.94. The standard InChI is InChI=1S/C6H12IN/c7-5-2-1-3-6(8)4-5/h5-6H,1-4,8H2. The second-order valence-corrected chi connectivity index (χ2v) is 4.29. The van der Waals surface area contributed by atoms with Gasteiger partial charge < -0.3 is 5.73 Å². The third-order valence-corrected chi connectivity index (χ3v) is 2.78. The van der Waals surface area contributed by atoms with Gasteiger partial charge in [0.15, 0.2) is 0 Å². The number of hydrogen-bond donors (Lipinski definition) is 1. The zero-order chi connectivity index (χ0) is 5.98.